The Balaban J connectivity index is 1.88. The monoisotopic (exact) mass is 1380 g/mol. The lowest BCUT2D eigenvalue weighted by Gasteiger charge is -2.40. The summed E-state index contributed by atoms with van der Waals surface area (Å²) < 4.78 is 16.8. The molecule has 0 saturated carbocycles. The van der Waals surface area contributed by atoms with Crippen LogP contribution in [0.2, 0.25) is 0 Å². The number of esters is 1. The number of aliphatic hydroxyl groups is 5. The van der Waals surface area contributed by atoms with Gasteiger partial charge in [0, 0.05) is 12.8 Å². The van der Waals surface area contributed by atoms with Gasteiger partial charge in [-0.2, -0.15) is 0 Å². The van der Waals surface area contributed by atoms with E-state index in [9.17, 15) is 35.1 Å². The predicted molar refractivity (Wildman–Crippen MR) is 417 cm³/mol. The summed E-state index contributed by atoms with van der Waals surface area (Å²) in [4.78, 5) is 25.2. The van der Waals surface area contributed by atoms with Crippen LogP contribution in [0.15, 0.2) is 60.8 Å². The van der Waals surface area contributed by atoms with Gasteiger partial charge in [-0.15, -0.1) is 0 Å². The third kappa shape index (κ3) is 63.1. The molecule has 1 aliphatic heterocycles. The average molecular weight is 1380 g/mol. The lowest BCUT2D eigenvalue weighted by atomic mass is 9.99. The standard InChI is InChI=1S/C87H161NO10/c1-3-5-7-9-11-13-15-17-18-19-44-47-51-55-59-63-67-71-75-83(92)96-76-72-68-64-60-56-52-48-45-42-40-38-36-34-32-30-28-26-24-22-20-21-23-25-27-29-31-33-35-37-39-41-43-46-50-54-58-62-66-70-74-82(91)88-79(78-97-87-86(95)85(94)84(93)81(77-89)98-87)80(90)73-69-65-61-57-53-49-16-14-12-10-8-6-4-2/h12,14,20-21,24,26,53,57,69,73,79-81,84-87,89-90,93-95H,3-11,13,15-19,22-23,25,27-52,54-56,58-68,70-72,74-78H2,1-2H3,(H,88,91)/b14-12+,21-20-,26-24-,57-53+,73-69+. The smallest absolute Gasteiger partial charge is 0.305 e. The largest absolute Gasteiger partial charge is 0.466 e. The molecule has 0 aliphatic carbocycles. The number of aliphatic hydroxyl groups excluding tert-OH is 5. The zero-order valence-electron chi connectivity index (χ0n) is 64.3. The van der Waals surface area contributed by atoms with Gasteiger partial charge in [-0.05, 0) is 89.9 Å². The molecule has 574 valence electrons. The van der Waals surface area contributed by atoms with E-state index in [1.54, 1.807) is 6.08 Å². The second kappa shape index (κ2) is 75.5. The molecule has 6 N–H and O–H groups in total. The molecule has 11 heteroatoms. The van der Waals surface area contributed by atoms with Gasteiger partial charge < -0.3 is 45.1 Å². The van der Waals surface area contributed by atoms with Crippen molar-refractivity contribution in [1.29, 1.82) is 0 Å². The van der Waals surface area contributed by atoms with Crippen LogP contribution in [-0.4, -0.2) is 100 Å². The summed E-state index contributed by atoms with van der Waals surface area (Å²) in [5, 5.41) is 54.5. The first-order valence-electron chi connectivity index (χ1n) is 42.6. The Kier molecular flexibility index (Phi) is 71.9. The number of unbranched alkanes of at least 4 members (excludes halogenated alkanes) is 54. The second-order valence-electron chi connectivity index (χ2n) is 29.5. The minimum atomic E-state index is -1.58. The quantitative estimate of drug-likeness (QED) is 0.0195. The van der Waals surface area contributed by atoms with Gasteiger partial charge in [0.25, 0.3) is 0 Å². The molecule has 0 spiro atoms. The number of carbonyl (C=O) groups is 2. The highest BCUT2D eigenvalue weighted by atomic mass is 16.7. The molecule has 7 atom stereocenters. The number of allylic oxidation sites excluding steroid dienone is 9. The Morgan fingerprint density at radius 3 is 1.09 bits per heavy atom. The van der Waals surface area contributed by atoms with E-state index in [1.807, 2.05) is 6.08 Å². The average Bonchev–Trinajstić information content (AvgIpc) is 0.831. The molecule has 1 amide bonds. The highest BCUT2D eigenvalue weighted by Gasteiger charge is 2.44. The summed E-state index contributed by atoms with van der Waals surface area (Å²) in [5.74, 6) is -0.173. The Morgan fingerprint density at radius 1 is 0.378 bits per heavy atom. The number of carbonyl (C=O) groups excluding carboxylic acids is 2. The van der Waals surface area contributed by atoms with Gasteiger partial charge >= 0.3 is 5.97 Å². The van der Waals surface area contributed by atoms with Crippen molar-refractivity contribution in [3.05, 3.63) is 60.8 Å². The zero-order chi connectivity index (χ0) is 70.8. The third-order valence-electron chi connectivity index (χ3n) is 20.1. The van der Waals surface area contributed by atoms with E-state index in [4.69, 9.17) is 14.2 Å². The molecule has 1 rings (SSSR count). The molecular formula is C87H161NO10. The van der Waals surface area contributed by atoms with Crippen molar-refractivity contribution in [2.75, 3.05) is 19.8 Å². The van der Waals surface area contributed by atoms with Crippen molar-refractivity contribution in [3.8, 4) is 0 Å². The van der Waals surface area contributed by atoms with Gasteiger partial charge in [0.15, 0.2) is 6.29 Å². The highest BCUT2D eigenvalue weighted by molar-refractivity contribution is 5.76. The Bertz CT molecular complexity index is 1820. The van der Waals surface area contributed by atoms with Crippen LogP contribution in [-0.2, 0) is 23.8 Å². The summed E-state index contributed by atoms with van der Waals surface area (Å²) in [6.45, 7) is 4.35. The first-order chi connectivity index (χ1) is 48.2. The van der Waals surface area contributed by atoms with Crippen LogP contribution < -0.4 is 5.32 Å². The van der Waals surface area contributed by atoms with Crippen molar-refractivity contribution in [2.24, 2.45) is 0 Å². The van der Waals surface area contributed by atoms with Crippen LogP contribution in [0, 0.1) is 0 Å². The molecule has 0 bridgehead atoms. The van der Waals surface area contributed by atoms with Crippen LogP contribution >= 0.6 is 0 Å². The summed E-state index contributed by atoms with van der Waals surface area (Å²) in [6.07, 6.45) is 92.8. The minimum absolute atomic E-state index is 0.0193. The van der Waals surface area contributed by atoms with Crippen LogP contribution in [0.3, 0.4) is 0 Å². The number of ether oxygens (including phenoxy) is 3. The number of amides is 1. The van der Waals surface area contributed by atoms with E-state index in [-0.39, 0.29) is 18.5 Å². The van der Waals surface area contributed by atoms with E-state index in [2.05, 4.69) is 67.8 Å². The first kappa shape index (κ1) is 93.4. The van der Waals surface area contributed by atoms with E-state index < -0.39 is 49.5 Å². The second-order valence-corrected chi connectivity index (χ2v) is 29.5. The molecule has 98 heavy (non-hydrogen) atoms. The van der Waals surface area contributed by atoms with E-state index in [0.29, 0.717) is 19.4 Å². The molecule has 0 aromatic heterocycles. The predicted octanol–water partition coefficient (Wildman–Crippen LogP) is 23.6. The van der Waals surface area contributed by atoms with E-state index in [1.165, 1.54) is 321 Å². The number of nitrogens with one attached hydrogen (secondary N) is 1. The molecule has 1 aliphatic rings. The Morgan fingerprint density at radius 2 is 0.694 bits per heavy atom. The Hall–Kier alpha value is -2.64. The normalized spacial score (nSPS) is 17.5. The highest BCUT2D eigenvalue weighted by Crippen LogP contribution is 2.24. The molecule has 7 unspecified atom stereocenters. The summed E-state index contributed by atoms with van der Waals surface area (Å²) >= 11 is 0. The molecule has 0 aromatic rings. The van der Waals surface area contributed by atoms with Crippen molar-refractivity contribution in [1.82, 2.24) is 5.32 Å². The maximum Gasteiger partial charge on any atom is 0.305 e. The summed E-state index contributed by atoms with van der Waals surface area (Å²) in [5.41, 5.74) is 0. The van der Waals surface area contributed by atoms with Crippen molar-refractivity contribution < 1.29 is 49.3 Å². The fourth-order valence-electron chi connectivity index (χ4n) is 13.4. The van der Waals surface area contributed by atoms with Gasteiger partial charge in [-0.3, -0.25) is 9.59 Å². The lowest BCUT2D eigenvalue weighted by Crippen LogP contribution is -2.60. The molecule has 1 heterocycles. The maximum atomic E-state index is 13.1. The third-order valence-corrected chi connectivity index (χ3v) is 20.1. The van der Waals surface area contributed by atoms with Gasteiger partial charge in [0.05, 0.1) is 32.0 Å². The number of hydrogen-bond donors (Lipinski definition) is 6. The zero-order valence-corrected chi connectivity index (χ0v) is 64.3. The van der Waals surface area contributed by atoms with E-state index >= 15 is 0 Å². The first-order valence-corrected chi connectivity index (χ1v) is 42.6. The maximum absolute atomic E-state index is 13.1. The molecule has 1 saturated heterocycles. The lowest BCUT2D eigenvalue weighted by molar-refractivity contribution is -0.302. The van der Waals surface area contributed by atoms with Gasteiger partial charge in [-0.25, -0.2) is 0 Å². The SMILES string of the molecule is CCCCC/C=C/CC/C=C/CC/C=C/C(O)C(COC1OC(CO)C(O)C(O)C1O)NC(=O)CCCCCCCCCCCCCCCCCCC/C=C\C/C=C\CCCCCCCCCCCCCCCCCOC(=O)CCCCCCCCCCCCCCCCCCCC. The van der Waals surface area contributed by atoms with Crippen molar-refractivity contribution in [3.63, 3.8) is 0 Å². The fraction of sp³-hybridized carbons (Fsp3) is 0.862. The molecule has 1 fully saturated rings. The summed E-state index contributed by atoms with van der Waals surface area (Å²) in [6, 6.07) is -0.833. The number of hydrogen-bond acceptors (Lipinski definition) is 10. The Labute approximate surface area is 605 Å². The topological polar surface area (TPSA) is 175 Å². The molecule has 0 radical (unpaired) electrons. The van der Waals surface area contributed by atoms with Gasteiger partial charge in [-0.1, -0.05) is 376 Å². The number of rotatable bonds is 76. The van der Waals surface area contributed by atoms with Crippen LogP contribution in [0.25, 0.3) is 0 Å². The van der Waals surface area contributed by atoms with E-state index in [0.717, 1.165) is 70.6 Å². The van der Waals surface area contributed by atoms with Gasteiger partial charge in [0.1, 0.15) is 24.4 Å². The van der Waals surface area contributed by atoms with Crippen molar-refractivity contribution >= 4 is 11.9 Å². The molecule has 0 aromatic carbocycles. The molecular weight excluding hydrogens is 1220 g/mol. The molecule has 11 nitrogen and oxygen atoms in total. The fourth-order valence-corrected chi connectivity index (χ4v) is 13.4. The van der Waals surface area contributed by atoms with Crippen LogP contribution in [0.5, 0.6) is 0 Å². The minimum Gasteiger partial charge on any atom is -0.466 e. The summed E-state index contributed by atoms with van der Waals surface area (Å²) in [7, 11) is 0. The van der Waals surface area contributed by atoms with Gasteiger partial charge in [0.2, 0.25) is 5.91 Å². The van der Waals surface area contributed by atoms with Crippen LogP contribution in [0.4, 0.5) is 0 Å². The van der Waals surface area contributed by atoms with Crippen LogP contribution in [0.1, 0.15) is 418 Å². The van der Waals surface area contributed by atoms with Crippen molar-refractivity contribution in [2.45, 2.75) is 461 Å².